The van der Waals surface area contributed by atoms with Gasteiger partial charge in [-0.15, -0.1) is 0 Å². The maximum absolute atomic E-state index is 11.4. The van der Waals surface area contributed by atoms with Crippen LogP contribution in [0.3, 0.4) is 0 Å². The molecule has 3 rings (SSSR count). The van der Waals surface area contributed by atoms with Gasteiger partial charge in [0.2, 0.25) is 5.56 Å². The van der Waals surface area contributed by atoms with Crippen LogP contribution in [0.5, 0.6) is 0 Å². The predicted molar refractivity (Wildman–Crippen MR) is 80.5 cm³/mol. The first-order chi connectivity index (χ1) is 10.1. The zero-order valence-electron chi connectivity index (χ0n) is 12.4. The molecule has 0 bridgehead atoms. The third kappa shape index (κ3) is 3.00. The molecule has 0 spiro atoms. The molecule has 1 saturated heterocycles. The van der Waals surface area contributed by atoms with Crippen molar-refractivity contribution in [2.24, 2.45) is 0 Å². The van der Waals surface area contributed by atoms with Crippen LogP contribution >= 0.6 is 0 Å². The van der Waals surface area contributed by atoms with Crippen molar-refractivity contribution < 1.29 is 4.52 Å². The highest BCUT2D eigenvalue weighted by Crippen LogP contribution is 2.17. The van der Waals surface area contributed by atoms with Gasteiger partial charge < -0.3 is 14.4 Å². The van der Waals surface area contributed by atoms with E-state index in [2.05, 4.69) is 19.9 Å². The summed E-state index contributed by atoms with van der Waals surface area (Å²) in [4.78, 5) is 18.9. The summed E-state index contributed by atoms with van der Waals surface area (Å²) in [6.45, 7) is 8.55. The van der Waals surface area contributed by atoms with Crippen molar-refractivity contribution in [2.75, 3.05) is 31.1 Å². The molecule has 2 aromatic heterocycles. The minimum atomic E-state index is -0.0503. The van der Waals surface area contributed by atoms with Crippen molar-refractivity contribution >= 4 is 5.82 Å². The number of H-pyrrole nitrogens is 1. The Morgan fingerprint density at radius 1 is 1.24 bits per heavy atom. The zero-order valence-corrected chi connectivity index (χ0v) is 12.4. The number of anilines is 1. The van der Waals surface area contributed by atoms with Crippen LogP contribution in [0.4, 0.5) is 5.82 Å². The van der Waals surface area contributed by atoms with E-state index in [1.54, 1.807) is 6.07 Å². The molecule has 0 radical (unpaired) electrons. The molecule has 6 nitrogen and oxygen atoms in total. The first-order valence-electron chi connectivity index (χ1n) is 7.22. The summed E-state index contributed by atoms with van der Waals surface area (Å²) in [5.41, 5.74) is 2.12. The maximum Gasteiger partial charge on any atom is 0.249 e. The summed E-state index contributed by atoms with van der Waals surface area (Å²) < 4.78 is 5.21. The zero-order chi connectivity index (χ0) is 14.8. The van der Waals surface area contributed by atoms with E-state index in [-0.39, 0.29) is 5.56 Å². The molecule has 21 heavy (non-hydrogen) atoms. The number of aryl methyl sites for hydroxylation is 2. The highest BCUT2D eigenvalue weighted by Gasteiger charge is 2.20. The van der Waals surface area contributed by atoms with Crippen molar-refractivity contribution in [3.8, 4) is 0 Å². The molecule has 1 aliphatic rings. The van der Waals surface area contributed by atoms with Crippen molar-refractivity contribution in [3.05, 3.63) is 45.6 Å². The first-order valence-corrected chi connectivity index (χ1v) is 7.22. The molecule has 1 N–H and O–H groups in total. The van der Waals surface area contributed by atoms with Gasteiger partial charge in [-0.05, 0) is 19.9 Å². The summed E-state index contributed by atoms with van der Waals surface area (Å²) in [6, 6.07) is 5.28. The van der Waals surface area contributed by atoms with Gasteiger partial charge >= 0.3 is 0 Å². The molecule has 1 fully saturated rings. The third-order valence-electron chi connectivity index (χ3n) is 4.03. The highest BCUT2D eigenvalue weighted by molar-refractivity contribution is 5.38. The molecular formula is C15H20N4O2. The van der Waals surface area contributed by atoms with E-state index in [4.69, 9.17) is 4.52 Å². The monoisotopic (exact) mass is 288 g/mol. The van der Waals surface area contributed by atoms with Crippen LogP contribution in [0.1, 0.15) is 17.0 Å². The quantitative estimate of drug-likeness (QED) is 0.922. The Kier molecular flexibility index (Phi) is 3.79. The van der Waals surface area contributed by atoms with Gasteiger partial charge in [0.25, 0.3) is 0 Å². The first kappa shape index (κ1) is 13.9. The Hall–Kier alpha value is -2.08. The molecule has 0 unspecified atom stereocenters. The molecule has 6 heteroatoms. The van der Waals surface area contributed by atoms with Crippen LogP contribution in [0.2, 0.25) is 0 Å². The van der Waals surface area contributed by atoms with Gasteiger partial charge in [0.15, 0.2) is 0 Å². The van der Waals surface area contributed by atoms with E-state index in [9.17, 15) is 4.79 Å². The molecule has 2 aromatic rings. The van der Waals surface area contributed by atoms with Crippen LogP contribution < -0.4 is 10.5 Å². The average Bonchev–Trinajstić information content (AvgIpc) is 2.80. The topological polar surface area (TPSA) is 65.4 Å². The Bertz CT molecular complexity index is 649. The molecule has 0 aromatic carbocycles. The lowest BCUT2D eigenvalue weighted by atomic mass is 10.2. The molecule has 0 atom stereocenters. The largest absolute Gasteiger partial charge is 0.361 e. The summed E-state index contributed by atoms with van der Waals surface area (Å²) in [5.74, 6) is 1.81. The third-order valence-corrected chi connectivity index (χ3v) is 4.03. The average molecular weight is 288 g/mol. The van der Waals surface area contributed by atoms with Gasteiger partial charge in [-0.2, -0.15) is 0 Å². The van der Waals surface area contributed by atoms with Gasteiger partial charge in [0.1, 0.15) is 11.6 Å². The Morgan fingerprint density at radius 3 is 2.62 bits per heavy atom. The van der Waals surface area contributed by atoms with E-state index >= 15 is 0 Å². The number of aromatic amines is 1. The van der Waals surface area contributed by atoms with Crippen LogP contribution in [0.15, 0.2) is 27.5 Å². The van der Waals surface area contributed by atoms with Gasteiger partial charge in [0.05, 0.1) is 5.69 Å². The highest BCUT2D eigenvalue weighted by atomic mass is 16.5. The van der Waals surface area contributed by atoms with Crippen LogP contribution in [-0.2, 0) is 6.54 Å². The fourth-order valence-corrected chi connectivity index (χ4v) is 2.72. The van der Waals surface area contributed by atoms with Crippen molar-refractivity contribution in [3.63, 3.8) is 0 Å². The van der Waals surface area contributed by atoms with Crippen molar-refractivity contribution in [1.82, 2.24) is 15.0 Å². The van der Waals surface area contributed by atoms with E-state index < -0.39 is 0 Å². The lowest BCUT2D eigenvalue weighted by Crippen LogP contribution is -2.46. The summed E-state index contributed by atoms with van der Waals surface area (Å²) >= 11 is 0. The van der Waals surface area contributed by atoms with E-state index in [1.807, 2.05) is 19.9 Å². The minimum Gasteiger partial charge on any atom is -0.361 e. The normalized spacial score (nSPS) is 16.4. The minimum absolute atomic E-state index is 0.0503. The fourth-order valence-electron chi connectivity index (χ4n) is 2.72. The standard InChI is InChI=1S/C15H20N4O2/c1-11-13(12(2)21-17-11)10-18-6-8-19(9-7-18)14-4-3-5-15(20)16-14/h3-5H,6-10H2,1-2H3,(H,16,20). The Balaban J connectivity index is 1.62. The van der Waals surface area contributed by atoms with Crippen molar-refractivity contribution in [1.29, 1.82) is 0 Å². The van der Waals surface area contributed by atoms with Crippen molar-refractivity contribution in [2.45, 2.75) is 20.4 Å². The second kappa shape index (κ2) is 5.73. The van der Waals surface area contributed by atoms with Gasteiger partial charge in [-0.3, -0.25) is 9.69 Å². The molecule has 0 aliphatic carbocycles. The Morgan fingerprint density at radius 2 is 2.00 bits per heavy atom. The number of hydrogen-bond acceptors (Lipinski definition) is 5. The number of rotatable bonds is 3. The lowest BCUT2D eigenvalue weighted by molar-refractivity contribution is 0.247. The smallest absolute Gasteiger partial charge is 0.249 e. The number of nitrogens with one attached hydrogen (secondary N) is 1. The maximum atomic E-state index is 11.4. The SMILES string of the molecule is Cc1noc(C)c1CN1CCN(c2cccc(=O)[nH]2)CC1. The van der Waals surface area contributed by atoms with E-state index in [0.717, 1.165) is 50.0 Å². The number of piperazine rings is 1. The summed E-state index contributed by atoms with van der Waals surface area (Å²) in [6.07, 6.45) is 0. The summed E-state index contributed by atoms with van der Waals surface area (Å²) in [7, 11) is 0. The number of aromatic nitrogens is 2. The second-order valence-corrected chi connectivity index (χ2v) is 5.47. The molecule has 0 amide bonds. The number of pyridine rings is 1. The lowest BCUT2D eigenvalue weighted by Gasteiger charge is -2.35. The predicted octanol–water partition coefficient (Wildman–Crippen LogP) is 1.30. The van der Waals surface area contributed by atoms with Gasteiger partial charge in [-0.25, -0.2) is 0 Å². The van der Waals surface area contributed by atoms with Crippen LogP contribution in [0.25, 0.3) is 0 Å². The van der Waals surface area contributed by atoms with E-state index in [0.29, 0.717) is 0 Å². The Labute approximate surface area is 123 Å². The molecule has 112 valence electrons. The van der Waals surface area contributed by atoms with Crippen LogP contribution in [-0.4, -0.2) is 41.2 Å². The van der Waals surface area contributed by atoms with Crippen LogP contribution in [0, 0.1) is 13.8 Å². The fraction of sp³-hybridized carbons (Fsp3) is 0.467. The molecular weight excluding hydrogens is 268 g/mol. The van der Waals surface area contributed by atoms with E-state index in [1.165, 1.54) is 11.6 Å². The van der Waals surface area contributed by atoms with Gasteiger partial charge in [-0.1, -0.05) is 11.2 Å². The summed E-state index contributed by atoms with van der Waals surface area (Å²) in [5, 5.41) is 4.00. The number of hydrogen-bond donors (Lipinski definition) is 1. The number of nitrogens with zero attached hydrogens (tertiary/aromatic N) is 3. The second-order valence-electron chi connectivity index (χ2n) is 5.47. The van der Waals surface area contributed by atoms with Gasteiger partial charge in [0, 0.05) is 44.4 Å². The molecule has 3 heterocycles. The molecule has 1 aliphatic heterocycles. The molecule has 0 saturated carbocycles.